The highest BCUT2D eigenvalue weighted by molar-refractivity contribution is 6.30. The zero-order valence-corrected chi connectivity index (χ0v) is 14.6. The van der Waals surface area contributed by atoms with Crippen molar-refractivity contribution in [1.82, 2.24) is 4.90 Å². The van der Waals surface area contributed by atoms with Gasteiger partial charge in [0.2, 0.25) is 11.8 Å². The summed E-state index contributed by atoms with van der Waals surface area (Å²) in [5.74, 6) is -0.357. The van der Waals surface area contributed by atoms with Gasteiger partial charge in [-0.2, -0.15) is 0 Å². The number of benzene rings is 2. The number of nitrogens with one attached hydrogen (secondary N) is 1. The molecule has 2 aromatic rings. The van der Waals surface area contributed by atoms with E-state index in [1.165, 1.54) is 11.8 Å². The lowest BCUT2D eigenvalue weighted by Gasteiger charge is -2.21. The summed E-state index contributed by atoms with van der Waals surface area (Å²) in [5, 5.41) is 3.53. The largest absolute Gasteiger partial charge is 0.329 e. The van der Waals surface area contributed by atoms with Gasteiger partial charge in [-0.25, -0.2) is 0 Å². The predicted molar refractivity (Wildman–Crippen MR) is 97.0 cm³/mol. The molecule has 0 heterocycles. The number of halogens is 1. The summed E-state index contributed by atoms with van der Waals surface area (Å²) < 4.78 is 0. The molecule has 0 radical (unpaired) electrons. The Kier molecular flexibility index (Phi) is 6.38. The molecule has 5 heteroatoms. The molecule has 0 fully saturated rings. The van der Waals surface area contributed by atoms with E-state index in [1.54, 1.807) is 12.1 Å². The van der Waals surface area contributed by atoms with Gasteiger partial charge in [-0.3, -0.25) is 9.59 Å². The second kappa shape index (κ2) is 8.50. The van der Waals surface area contributed by atoms with Crippen molar-refractivity contribution in [1.29, 1.82) is 0 Å². The van der Waals surface area contributed by atoms with Crippen LogP contribution in [0, 0.1) is 0 Å². The quantitative estimate of drug-likeness (QED) is 0.864. The number of aryl methyl sites for hydroxylation is 1. The molecule has 1 N–H and O–H groups in total. The first-order valence-electron chi connectivity index (χ1n) is 7.87. The van der Waals surface area contributed by atoms with Crippen LogP contribution in [0.1, 0.15) is 25.0 Å². The van der Waals surface area contributed by atoms with E-state index in [9.17, 15) is 9.59 Å². The van der Waals surface area contributed by atoms with E-state index in [0.717, 1.165) is 23.2 Å². The second-order valence-corrected chi connectivity index (χ2v) is 6.00. The minimum Gasteiger partial charge on any atom is -0.329 e. The minimum atomic E-state index is -0.208. The Balaban J connectivity index is 2.03. The van der Waals surface area contributed by atoms with Gasteiger partial charge in [0.05, 0.1) is 0 Å². The van der Waals surface area contributed by atoms with Crippen LogP contribution in [0.2, 0.25) is 5.02 Å². The van der Waals surface area contributed by atoms with E-state index in [1.807, 2.05) is 43.3 Å². The van der Waals surface area contributed by atoms with Crippen LogP contribution >= 0.6 is 11.6 Å². The van der Waals surface area contributed by atoms with E-state index in [0.29, 0.717) is 11.6 Å². The molecule has 0 atom stereocenters. The van der Waals surface area contributed by atoms with Crippen molar-refractivity contribution in [2.75, 3.05) is 11.9 Å². The maximum Gasteiger partial charge on any atom is 0.244 e. The summed E-state index contributed by atoms with van der Waals surface area (Å²) in [4.78, 5) is 25.7. The van der Waals surface area contributed by atoms with Gasteiger partial charge >= 0.3 is 0 Å². The third-order valence-electron chi connectivity index (χ3n) is 3.74. The fourth-order valence-electron chi connectivity index (χ4n) is 2.40. The molecular weight excluding hydrogens is 324 g/mol. The monoisotopic (exact) mass is 344 g/mol. The molecule has 0 bridgehead atoms. The number of para-hydroxylation sites is 1. The molecule has 0 aliphatic carbocycles. The Morgan fingerprint density at radius 3 is 2.38 bits per heavy atom. The van der Waals surface area contributed by atoms with E-state index in [2.05, 4.69) is 5.32 Å². The number of amides is 2. The van der Waals surface area contributed by atoms with Gasteiger partial charge < -0.3 is 10.2 Å². The van der Waals surface area contributed by atoms with E-state index in [-0.39, 0.29) is 18.4 Å². The van der Waals surface area contributed by atoms with Gasteiger partial charge in [0.15, 0.2) is 0 Å². The summed E-state index contributed by atoms with van der Waals surface area (Å²) in [6.07, 6.45) is 0.831. The van der Waals surface area contributed by atoms with Crippen molar-refractivity contribution in [3.05, 3.63) is 64.7 Å². The Bertz CT molecular complexity index is 714. The Morgan fingerprint density at radius 1 is 1.08 bits per heavy atom. The standard InChI is InChI=1S/C19H21ClN2O2/c1-3-16-6-4-5-7-18(16)21-19(24)13-22(14(2)23)12-15-8-10-17(20)11-9-15/h4-11H,3,12-13H2,1-2H3,(H,21,24). The summed E-state index contributed by atoms with van der Waals surface area (Å²) >= 11 is 5.87. The van der Waals surface area contributed by atoms with E-state index < -0.39 is 0 Å². The van der Waals surface area contributed by atoms with Crippen LogP contribution in [0.3, 0.4) is 0 Å². The van der Waals surface area contributed by atoms with Crippen LogP contribution in [0.25, 0.3) is 0 Å². The van der Waals surface area contributed by atoms with Crippen molar-refractivity contribution in [3.63, 3.8) is 0 Å². The average molecular weight is 345 g/mol. The molecule has 2 amide bonds. The molecule has 0 unspecified atom stereocenters. The molecule has 0 spiro atoms. The van der Waals surface area contributed by atoms with Crippen LogP contribution in [0.15, 0.2) is 48.5 Å². The van der Waals surface area contributed by atoms with E-state index in [4.69, 9.17) is 11.6 Å². The van der Waals surface area contributed by atoms with Crippen molar-refractivity contribution >= 4 is 29.1 Å². The van der Waals surface area contributed by atoms with Crippen LogP contribution in [-0.2, 0) is 22.6 Å². The lowest BCUT2D eigenvalue weighted by atomic mass is 10.1. The van der Waals surface area contributed by atoms with Gasteiger partial charge in [-0.1, -0.05) is 48.9 Å². The fraction of sp³-hybridized carbons (Fsp3) is 0.263. The van der Waals surface area contributed by atoms with Gasteiger partial charge in [0, 0.05) is 24.2 Å². The molecule has 0 aliphatic rings. The summed E-state index contributed by atoms with van der Waals surface area (Å²) in [6.45, 7) is 3.88. The third kappa shape index (κ3) is 5.10. The minimum absolute atomic E-state index is 0.00993. The second-order valence-electron chi connectivity index (χ2n) is 5.56. The van der Waals surface area contributed by atoms with Gasteiger partial charge in [0.25, 0.3) is 0 Å². The number of carbonyl (C=O) groups is 2. The number of anilines is 1. The van der Waals surface area contributed by atoms with Gasteiger partial charge in [-0.15, -0.1) is 0 Å². The molecule has 24 heavy (non-hydrogen) atoms. The van der Waals surface area contributed by atoms with Crippen molar-refractivity contribution in [2.24, 2.45) is 0 Å². The highest BCUT2D eigenvalue weighted by Crippen LogP contribution is 2.16. The predicted octanol–water partition coefficient (Wildman–Crippen LogP) is 3.89. The molecule has 126 valence electrons. The number of rotatable bonds is 6. The maximum absolute atomic E-state index is 12.3. The van der Waals surface area contributed by atoms with Gasteiger partial charge in [0.1, 0.15) is 6.54 Å². The smallest absolute Gasteiger partial charge is 0.244 e. The zero-order chi connectivity index (χ0) is 17.5. The van der Waals surface area contributed by atoms with Crippen LogP contribution in [0.5, 0.6) is 0 Å². The van der Waals surface area contributed by atoms with Crippen LogP contribution in [-0.4, -0.2) is 23.3 Å². The number of hydrogen-bond donors (Lipinski definition) is 1. The first-order valence-corrected chi connectivity index (χ1v) is 8.25. The topological polar surface area (TPSA) is 49.4 Å². The van der Waals surface area contributed by atoms with Crippen LogP contribution in [0.4, 0.5) is 5.69 Å². The Morgan fingerprint density at radius 2 is 1.75 bits per heavy atom. The third-order valence-corrected chi connectivity index (χ3v) is 3.99. The fourth-order valence-corrected chi connectivity index (χ4v) is 2.53. The Labute approximate surface area is 147 Å². The summed E-state index contributed by atoms with van der Waals surface area (Å²) in [7, 11) is 0. The highest BCUT2D eigenvalue weighted by Gasteiger charge is 2.15. The molecular formula is C19H21ClN2O2. The Hall–Kier alpha value is -2.33. The summed E-state index contributed by atoms with van der Waals surface area (Å²) in [5.41, 5.74) is 2.79. The first-order chi connectivity index (χ1) is 11.5. The lowest BCUT2D eigenvalue weighted by molar-refractivity contribution is -0.133. The van der Waals surface area contributed by atoms with Crippen molar-refractivity contribution in [3.8, 4) is 0 Å². The number of hydrogen-bond acceptors (Lipinski definition) is 2. The average Bonchev–Trinajstić information content (AvgIpc) is 2.56. The molecule has 4 nitrogen and oxygen atoms in total. The van der Waals surface area contributed by atoms with Crippen LogP contribution < -0.4 is 5.32 Å². The molecule has 2 rings (SSSR count). The SMILES string of the molecule is CCc1ccccc1NC(=O)CN(Cc1ccc(Cl)cc1)C(C)=O. The zero-order valence-electron chi connectivity index (χ0n) is 13.9. The number of nitrogens with zero attached hydrogens (tertiary/aromatic N) is 1. The lowest BCUT2D eigenvalue weighted by Crippen LogP contribution is -2.36. The summed E-state index contributed by atoms with van der Waals surface area (Å²) in [6, 6.07) is 14.9. The first kappa shape index (κ1) is 18.0. The molecule has 0 saturated carbocycles. The van der Waals surface area contributed by atoms with Crippen molar-refractivity contribution in [2.45, 2.75) is 26.8 Å². The number of carbonyl (C=O) groups excluding carboxylic acids is 2. The molecule has 2 aromatic carbocycles. The molecule has 0 aromatic heterocycles. The maximum atomic E-state index is 12.3. The molecule has 0 saturated heterocycles. The highest BCUT2D eigenvalue weighted by atomic mass is 35.5. The molecule has 0 aliphatic heterocycles. The van der Waals surface area contributed by atoms with Crippen molar-refractivity contribution < 1.29 is 9.59 Å². The van der Waals surface area contributed by atoms with Gasteiger partial charge in [-0.05, 0) is 35.7 Å². The normalized spacial score (nSPS) is 10.3. The van der Waals surface area contributed by atoms with E-state index >= 15 is 0 Å².